The topological polar surface area (TPSA) is 59.3 Å². The summed E-state index contributed by atoms with van der Waals surface area (Å²) in [5.74, 6) is -0.0222. The molecule has 2 rings (SSSR count). The molecule has 14 heavy (non-hydrogen) atoms. The molecular weight excluding hydrogens is 202 g/mol. The molecule has 0 aliphatic rings. The molecule has 0 radical (unpaired) electrons. The number of nitrogens with zero attached hydrogens (tertiary/aromatic N) is 1. The van der Waals surface area contributed by atoms with Crippen molar-refractivity contribution in [1.29, 1.82) is 0 Å². The molecule has 0 amide bonds. The summed E-state index contributed by atoms with van der Waals surface area (Å²) in [6, 6.07) is 6.79. The molecule has 0 aliphatic heterocycles. The lowest BCUT2D eigenvalue weighted by molar-refractivity contribution is 0.480. The molecular formula is C9H9NO3S. The molecule has 0 atom stereocenters. The van der Waals surface area contributed by atoms with Crippen LogP contribution in [-0.4, -0.2) is 23.8 Å². The number of fused-ring (bicyclic) bond motifs is 1. The summed E-state index contributed by atoms with van der Waals surface area (Å²) in [6.07, 6.45) is 2.30. The van der Waals surface area contributed by atoms with Crippen LogP contribution in [0.1, 0.15) is 0 Å². The van der Waals surface area contributed by atoms with Crippen LogP contribution < -0.4 is 0 Å². The van der Waals surface area contributed by atoms with Crippen molar-refractivity contribution in [2.75, 3.05) is 6.26 Å². The molecule has 5 heteroatoms. The monoisotopic (exact) mass is 211 g/mol. The van der Waals surface area contributed by atoms with E-state index in [1.807, 2.05) is 0 Å². The predicted molar refractivity (Wildman–Crippen MR) is 53.8 cm³/mol. The third-order valence-corrected chi connectivity index (χ3v) is 3.03. The van der Waals surface area contributed by atoms with Crippen molar-refractivity contribution in [2.45, 2.75) is 0 Å². The Morgan fingerprint density at radius 3 is 2.57 bits per heavy atom. The zero-order valence-corrected chi connectivity index (χ0v) is 8.32. The minimum Gasteiger partial charge on any atom is -0.506 e. The fourth-order valence-electron chi connectivity index (χ4n) is 1.41. The molecule has 2 aromatic rings. The van der Waals surface area contributed by atoms with Gasteiger partial charge in [-0.2, -0.15) is 0 Å². The first-order chi connectivity index (χ1) is 6.50. The Bertz CT molecular complexity index is 583. The summed E-state index contributed by atoms with van der Waals surface area (Å²) in [6.45, 7) is 0. The average molecular weight is 211 g/mol. The number of benzene rings is 1. The van der Waals surface area contributed by atoms with Gasteiger partial charge in [0.25, 0.3) is 0 Å². The minimum absolute atomic E-state index is 0.0222. The Kier molecular flexibility index (Phi) is 1.78. The van der Waals surface area contributed by atoms with Crippen molar-refractivity contribution in [3.63, 3.8) is 0 Å². The van der Waals surface area contributed by atoms with Crippen LogP contribution in [0.15, 0.2) is 30.5 Å². The van der Waals surface area contributed by atoms with Crippen LogP contribution >= 0.6 is 0 Å². The minimum atomic E-state index is -3.35. The molecule has 1 aromatic heterocycles. The van der Waals surface area contributed by atoms with Crippen molar-refractivity contribution in [2.24, 2.45) is 0 Å². The van der Waals surface area contributed by atoms with Gasteiger partial charge in [-0.3, -0.25) is 0 Å². The van der Waals surface area contributed by atoms with E-state index in [-0.39, 0.29) is 5.75 Å². The highest BCUT2D eigenvalue weighted by Crippen LogP contribution is 2.27. The van der Waals surface area contributed by atoms with Crippen LogP contribution in [0.25, 0.3) is 10.9 Å². The first kappa shape index (κ1) is 9.08. The molecule has 0 spiro atoms. The summed E-state index contributed by atoms with van der Waals surface area (Å²) < 4.78 is 23.7. The van der Waals surface area contributed by atoms with Crippen molar-refractivity contribution in [3.8, 4) is 5.75 Å². The Hall–Kier alpha value is -1.49. The number of aromatic hydroxyl groups is 1. The van der Waals surface area contributed by atoms with Crippen LogP contribution in [0.2, 0.25) is 0 Å². The van der Waals surface area contributed by atoms with Crippen LogP contribution in [0.4, 0.5) is 0 Å². The summed E-state index contributed by atoms with van der Waals surface area (Å²) in [5.41, 5.74) is 0.493. The second-order valence-corrected chi connectivity index (χ2v) is 4.95. The smallest absolute Gasteiger partial charge is 0.236 e. The van der Waals surface area contributed by atoms with E-state index < -0.39 is 10.0 Å². The van der Waals surface area contributed by atoms with Gasteiger partial charge in [0.15, 0.2) is 0 Å². The molecule has 1 aromatic carbocycles. The fourth-order valence-corrected chi connectivity index (χ4v) is 2.21. The summed E-state index contributed by atoms with van der Waals surface area (Å²) in [5, 5.41) is 10.0. The van der Waals surface area contributed by atoms with Crippen LogP contribution in [0, 0.1) is 0 Å². The second-order valence-electron chi connectivity index (χ2n) is 3.09. The van der Waals surface area contributed by atoms with Crippen molar-refractivity contribution >= 4 is 20.9 Å². The largest absolute Gasteiger partial charge is 0.506 e. The zero-order valence-electron chi connectivity index (χ0n) is 7.51. The van der Waals surface area contributed by atoms with Gasteiger partial charge in [0.05, 0.1) is 18.0 Å². The normalized spacial score (nSPS) is 12.1. The molecule has 1 N–H and O–H groups in total. The van der Waals surface area contributed by atoms with E-state index in [9.17, 15) is 13.5 Å². The van der Waals surface area contributed by atoms with Crippen LogP contribution in [0.5, 0.6) is 5.75 Å². The lowest BCUT2D eigenvalue weighted by atomic mass is 10.2. The van der Waals surface area contributed by atoms with E-state index in [1.165, 1.54) is 6.20 Å². The van der Waals surface area contributed by atoms with Gasteiger partial charge in [0, 0.05) is 5.39 Å². The third-order valence-electron chi connectivity index (χ3n) is 2.01. The zero-order chi connectivity index (χ0) is 10.3. The number of aromatic nitrogens is 1. The summed E-state index contributed by atoms with van der Waals surface area (Å²) in [4.78, 5) is 0. The molecule has 0 bridgehead atoms. The lowest BCUT2D eigenvalue weighted by Crippen LogP contribution is -2.07. The highest BCUT2D eigenvalue weighted by molar-refractivity contribution is 7.89. The van der Waals surface area contributed by atoms with Gasteiger partial charge in [-0.25, -0.2) is 12.4 Å². The van der Waals surface area contributed by atoms with Gasteiger partial charge in [0.1, 0.15) is 5.75 Å². The Labute approximate surface area is 81.5 Å². The van der Waals surface area contributed by atoms with Crippen molar-refractivity contribution < 1.29 is 13.5 Å². The van der Waals surface area contributed by atoms with Gasteiger partial charge < -0.3 is 5.11 Å². The van der Waals surface area contributed by atoms with Gasteiger partial charge in [-0.15, -0.1) is 0 Å². The molecule has 0 fully saturated rings. The Balaban J connectivity index is 2.93. The maximum atomic E-state index is 11.3. The maximum absolute atomic E-state index is 11.3. The van der Waals surface area contributed by atoms with Crippen molar-refractivity contribution in [3.05, 3.63) is 30.5 Å². The molecule has 1 heterocycles. The Morgan fingerprint density at radius 2 is 1.93 bits per heavy atom. The third kappa shape index (κ3) is 1.26. The van der Waals surface area contributed by atoms with E-state index in [1.54, 1.807) is 24.3 Å². The van der Waals surface area contributed by atoms with Crippen molar-refractivity contribution in [1.82, 2.24) is 3.97 Å². The van der Waals surface area contributed by atoms with E-state index >= 15 is 0 Å². The average Bonchev–Trinajstić information content (AvgIpc) is 2.44. The van der Waals surface area contributed by atoms with Crippen LogP contribution in [-0.2, 0) is 10.0 Å². The fraction of sp³-hybridized carbons (Fsp3) is 0.111. The number of hydrogen-bond donors (Lipinski definition) is 1. The SMILES string of the molecule is CS(=O)(=O)n1cc(O)c2ccccc21. The Morgan fingerprint density at radius 1 is 1.29 bits per heavy atom. The van der Waals surface area contributed by atoms with E-state index in [2.05, 4.69) is 0 Å². The van der Waals surface area contributed by atoms with E-state index in [0.29, 0.717) is 10.9 Å². The molecule has 4 nitrogen and oxygen atoms in total. The number of rotatable bonds is 1. The lowest BCUT2D eigenvalue weighted by Gasteiger charge is -1.99. The number of para-hydroxylation sites is 1. The molecule has 0 unspecified atom stereocenters. The highest BCUT2D eigenvalue weighted by atomic mass is 32.2. The molecule has 0 saturated heterocycles. The van der Waals surface area contributed by atoms with Gasteiger partial charge in [-0.05, 0) is 12.1 Å². The quantitative estimate of drug-likeness (QED) is 0.769. The molecule has 74 valence electrons. The van der Waals surface area contributed by atoms with Crippen LogP contribution in [0.3, 0.4) is 0 Å². The standard InChI is InChI=1S/C9H9NO3S/c1-14(12,13)10-6-9(11)7-4-2-3-5-8(7)10/h2-6,11H,1H3. The first-order valence-electron chi connectivity index (χ1n) is 4.00. The van der Waals surface area contributed by atoms with Gasteiger partial charge in [0.2, 0.25) is 10.0 Å². The summed E-state index contributed by atoms with van der Waals surface area (Å²) in [7, 11) is -3.35. The first-order valence-corrected chi connectivity index (χ1v) is 5.84. The summed E-state index contributed by atoms with van der Waals surface area (Å²) >= 11 is 0. The molecule has 0 aliphatic carbocycles. The van der Waals surface area contributed by atoms with E-state index in [4.69, 9.17) is 0 Å². The van der Waals surface area contributed by atoms with Gasteiger partial charge >= 0.3 is 0 Å². The second kappa shape index (κ2) is 2.75. The predicted octanol–water partition coefficient (Wildman–Crippen LogP) is 1.15. The maximum Gasteiger partial charge on any atom is 0.236 e. The number of hydrogen-bond acceptors (Lipinski definition) is 3. The highest BCUT2D eigenvalue weighted by Gasteiger charge is 2.12. The van der Waals surface area contributed by atoms with E-state index in [0.717, 1.165) is 10.2 Å². The van der Waals surface area contributed by atoms with Gasteiger partial charge in [-0.1, -0.05) is 12.1 Å². The molecule has 0 saturated carbocycles.